The molecule has 0 radical (unpaired) electrons. The van der Waals surface area contributed by atoms with Gasteiger partial charge < -0.3 is 0 Å². The van der Waals surface area contributed by atoms with Crippen molar-refractivity contribution in [3.05, 3.63) is 21.9 Å². The Labute approximate surface area is 79.4 Å². The third-order valence-electron chi connectivity index (χ3n) is 1.50. The van der Waals surface area contributed by atoms with Crippen LogP contribution in [-0.2, 0) is 0 Å². The highest BCUT2D eigenvalue weighted by molar-refractivity contribution is 9.10. The van der Waals surface area contributed by atoms with Gasteiger partial charge in [-0.2, -0.15) is 4.39 Å². The maximum Gasteiger partial charge on any atom is 0.230 e. The summed E-state index contributed by atoms with van der Waals surface area (Å²) in [7, 11) is 0. The van der Waals surface area contributed by atoms with Crippen LogP contribution < -0.4 is 0 Å². The van der Waals surface area contributed by atoms with Crippen molar-refractivity contribution >= 4 is 15.9 Å². The van der Waals surface area contributed by atoms with E-state index in [-0.39, 0.29) is 5.92 Å². The van der Waals surface area contributed by atoms with Crippen LogP contribution in [-0.4, -0.2) is 9.97 Å². The quantitative estimate of drug-likeness (QED) is 0.697. The molecule has 12 heavy (non-hydrogen) atoms. The highest BCUT2D eigenvalue weighted by atomic mass is 79.9. The van der Waals surface area contributed by atoms with Gasteiger partial charge in [-0.1, -0.05) is 13.8 Å². The zero-order chi connectivity index (χ0) is 9.30. The first kappa shape index (κ1) is 9.58. The lowest BCUT2D eigenvalue weighted by Crippen LogP contribution is -2.02. The van der Waals surface area contributed by atoms with Gasteiger partial charge in [0.1, 0.15) is 5.82 Å². The lowest BCUT2D eigenvalue weighted by Gasteiger charge is -2.07. The normalized spacial score (nSPS) is 10.8. The van der Waals surface area contributed by atoms with Crippen molar-refractivity contribution in [2.24, 2.45) is 0 Å². The smallest absolute Gasteiger partial charge is 0.230 e. The lowest BCUT2D eigenvalue weighted by atomic mass is 10.1. The van der Waals surface area contributed by atoms with Crippen molar-refractivity contribution in [2.75, 3.05) is 0 Å². The summed E-state index contributed by atoms with van der Waals surface area (Å²) in [6, 6.07) is 0. The summed E-state index contributed by atoms with van der Waals surface area (Å²) in [5.41, 5.74) is 0.722. The van der Waals surface area contributed by atoms with Gasteiger partial charge in [0.15, 0.2) is 0 Å². The Morgan fingerprint density at radius 3 is 2.42 bits per heavy atom. The van der Waals surface area contributed by atoms with Gasteiger partial charge in [-0.15, -0.1) is 0 Å². The van der Waals surface area contributed by atoms with Crippen LogP contribution in [0, 0.1) is 12.9 Å². The van der Waals surface area contributed by atoms with E-state index in [9.17, 15) is 4.39 Å². The maximum atomic E-state index is 13.0. The number of halogens is 2. The molecule has 0 bridgehead atoms. The van der Waals surface area contributed by atoms with Gasteiger partial charge in [0, 0.05) is 0 Å². The Kier molecular flexibility index (Phi) is 2.77. The molecule has 4 heteroatoms. The summed E-state index contributed by atoms with van der Waals surface area (Å²) in [6.45, 7) is 5.61. The van der Waals surface area contributed by atoms with Gasteiger partial charge in [0.25, 0.3) is 0 Å². The minimum atomic E-state index is -0.480. The van der Waals surface area contributed by atoms with Crippen LogP contribution in [0.4, 0.5) is 4.39 Å². The number of rotatable bonds is 1. The monoisotopic (exact) mass is 232 g/mol. The largest absolute Gasteiger partial charge is 0.237 e. The molecular formula is C8H10BrFN2. The Hall–Kier alpha value is -0.510. The molecule has 0 N–H and O–H groups in total. The van der Waals surface area contributed by atoms with E-state index in [1.54, 1.807) is 6.92 Å². The number of aryl methyl sites for hydroxylation is 1. The lowest BCUT2D eigenvalue weighted by molar-refractivity contribution is 0.557. The average Bonchev–Trinajstić information content (AvgIpc) is 1.96. The molecule has 0 spiro atoms. The average molecular weight is 233 g/mol. The molecule has 1 rings (SSSR count). The summed E-state index contributed by atoms with van der Waals surface area (Å²) in [5, 5.41) is 0. The molecule has 0 aromatic carbocycles. The Balaban J connectivity index is 3.28. The molecule has 0 saturated heterocycles. The molecule has 0 aliphatic carbocycles. The minimum Gasteiger partial charge on any atom is -0.237 e. The third-order valence-corrected chi connectivity index (χ3v) is 2.23. The van der Waals surface area contributed by atoms with Crippen molar-refractivity contribution in [3.8, 4) is 0 Å². The van der Waals surface area contributed by atoms with Crippen LogP contribution in [0.3, 0.4) is 0 Å². The fraction of sp³-hybridized carbons (Fsp3) is 0.500. The van der Waals surface area contributed by atoms with E-state index in [1.807, 2.05) is 13.8 Å². The number of hydrogen-bond donors (Lipinski definition) is 0. The van der Waals surface area contributed by atoms with E-state index in [2.05, 4.69) is 25.9 Å². The standard InChI is InChI=1S/C8H10BrFN2/c1-4(2)7-6(9)8(10)12-5(3)11-7/h4H,1-3H3. The SMILES string of the molecule is Cc1nc(F)c(Br)c(C(C)C)n1. The molecule has 1 aromatic rings. The Morgan fingerprint density at radius 2 is 1.92 bits per heavy atom. The summed E-state index contributed by atoms with van der Waals surface area (Å²) < 4.78 is 13.4. The molecule has 1 heterocycles. The molecule has 0 unspecified atom stereocenters. The second kappa shape index (κ2) is 3.47. The maximum absolute atomic E-state index is 13.0. The molecule has 0 amide bonds. The van der Waals surface area contributed by atoms with Gasteiger partial charge in [0.2, 0.25) is 5.95 Å². The molecule has 0 aliphatic rings. The molecule has 0 saturated carbocycles. The van der Waals surface area contributed by atoms with Crippen molar-refractivity contribution in [3.63, 3.8) is 0 Å². The Morgan fingerprint density at radius 1 is 1.33 bits per heavy atom. The highest BCUT2D eigenvalue weighted by Gasteiger charge is 2.12. The van der Waals surface area contributed by atoms with E-state index in [0.717, 1.165) is 5.69 Å². The van der Waals surface area contributed by atoms with E-state index in [1.165, 1.54) is 0 Å². The van der Waals surface area contributed by atoms with Gasteiger partial charge in [0.05, 0.1) is 10.2 Å². The number of aromatic nitrogens is 2. The van der Waals surface area contributed by atoms with Crippen molar-refractivity contribution in [1.82, 2.24) is 9.97 Å². The predicted molar refractivity (Wildman–Crippen MR) is 48.5 cm³/mol. The second-order valence-electron chi connectivity index (χ2n) is 2.92. The number of nitrogens with zero attached hydrogens (tertiary/aromatic N) is 2. The van der Waals surface area contributed by atoms with Crippen LogP contribution in [0.5, 0.6) is 0 Å². The molecule has 2 nitrogen and oxygen atoms in total. The van der Waals surface area contributed by atoms with E-state index in [4.69, 9.17) is 0 Å². The zero-order valence-corrected chi connectivity index (χ0v) is 8.81. The van der Waals surface area contributed by atoms with Gasteiger partial charge >= 0.3 is 0 Å². The van der Waals surface area contributed by atoms with Gasteiger partial charge in [-0.3, -0.25) is 0 Å². The van der Waals surface area contributed by atoms with Crippen LogP contribution >= 0.6 is 15.9 Å². The van der Waals surface area contributed by atoms with Crippen molar-refractivity contribution < 1.29 is 4.39 Å². The van der Waals surface area contributed by atoms with Crippen LogP contribution in [0.2, 0.25) is 0 Å². The molecule has 0 fully saturated rings. The molecule has 0 atom stereocenters. The highest BCUT2D eigenvalue weighted by Crippen LogP contribution is 2.23. The van der Waals surface area contributed by atoms with Gasteiger partial charge in [-0.25, -0.2) is 9.97 Å². The van der Waals surface area contributed by atoms with Crippen LogP contribution in [0.1, 0.15) is 31.3 Å². The van der Waals surface area contributed by atoms with E-state index in [0.29, 0.717) is 10.3 Å². The third kappa shape index (κ3) is 1.80. The predicted octanol–water partition coefficient (Wildman–Crippen LogP) is 2.81. The van der Waals surface area contributed by atoms with Crippen LogP contribution in [0.25, 0.3) is 0 Å². The molecule has 66 valence electrons. The molecular weight excluding hydrogens is 223 g/mol. The number of hydrogen-bond acceptors (Lipinski definition) is 2. The fourth-order valence-corrected chi connectivity index (χ4v) is 1.56. The molecule has 0 aliphatic heterocycles. The zero-order valence-electron chi connectivity index (χ0n) is 7.23. The minimum absolute atomic E-state index is 0.204. The first-order chi connectivity index (χ1) is 5.52. The summed E-state index contributed by atoms with van der Waals surface area (Å²) >= 11 is 3.11. The molecule has 1 aromatic heterocycles. The second-order valence-corrected chi connectivity index (χ2v) is 3.71. The Bertz CT molecular complexity index is 299. The first-order valence-corrected chi connectivity index (χ1v) is 4.51. The first-order valence-electron chi connectivity index (χ1n) is 3.72. The fourth-order valence-electron chi connectivity index (χ4n) is 0.928. The van der Waals surface area contributed by atoms with E-state index < -0.39 is 5.95 Å². The topological polar surface area (TPSA) is 25.8 Å². The summed E-state index contributed by atoms with van der Waals surface area (Å²) in [4.78, 5) is 7.73. The summed E-state index contributed by atoms with van der Waals surface area (Å²) in [6.07, 6.45) is 0. The van der Waals surface area contributed by atoms with Gasteiger partial charge in [-0.05, 0) is 28.8 Å². The summed E-state index contributed by atoms with van der Waals surface area (Å²) in [5.74, 6) is 0.196. The van der Waals surface area contributed by atoms with E-state index >= 15 is 0 Å². The van der Waals surface area contributed by atoms with Crippen LogP contribution in [0.15, 0.2) is 4.47 Å². The van der Waals surface area contributed by atoms with Crippen molar-refractivity contribution in [1.29, 1.82) is 0 Å². The van der Waals surface area contributed by atoms with Crippen molar-refractivity contribution in [2.45, 2.75) is 26.7 Å².